The Balaban J connectivity index is 0.000000293. The van der Waals surface area contributed by atoms with Crippen LogP contribution < -0.4 is 10.2 Å². The van der Waals surface area contributed by atoms with Crippen molar-refractivity contribution in [2.24, 2.45) is 71.0 Å². The molecule has 4 fully saturated rings. The largest absolute Gasteiger partial charge is 2.00 e. The molecule has 0 heterocycles. The molecule has 0 aromatic heterocycles. The molecule has 43 heavy (non-hydrogen) atoms. The Bertz CT molecular complexity index is 873. The third-order valence-corrected chi connectivity index (χ3v) is 9.91. The Labute approximate surface area is 290 Å². The average Bonchev–Trinajstić information content (AvgIpc) is 3.66. The van der Waals surface area contributed by atoms with Crippen LogP contribution in [0.2, 0.25) is 0 Å². The summed E-state index contributed by atoms with van der Waals surface area (Å²) in [7, 11) is 0. The number of carbonyl (C=O) groups is 4. The van der Waals surface area contributed by atoms with Gasteiger partial charge in [0, 0.05) is 61.8 Å². The van der Waals surface area contributed by atoms with Crippen molar-refractivity contribution >= 4 is 61.5 Å². The van der Waals surface area contributed by atoms with E-state index >= 15 is 0 Å². The molecule has 8 unspecified atom stereocenters. The quantitative estimate of drug-likeness (QED) is 0.307. The average molecular weight is 629 g/mol. The number of aliphatic carboxylic acids is 2. The molecule has 0 N–H and O–H groups in total. The first-order valence-corrected chi connectivity index (χ1v) is 16.6. The number of amides is 2. The van der Waals surface area contributed by atoms with E-state index in [4.69, 9.17) is 0 Å². The monoisotopic (exact) mass is 628 g/mol. The number of rotatable bonds is 12. The van der Waals surface area contributed by atoms with Crippen molar-refractivity contribution < 1.29 is 29.4 Å². The summed E-state index contributed by atoms with van der Waals surface area (Å²) in [5.74, 6) is -1.31. The van der Waals surface area contributed by atoms with Crippen molar-refractivity contribution in [1.29, 1.82) is 0 Å². The van der Waals surface area contributed by atoms with E-state index in [1.165, 1.54) is 0 Å². The predicted molar refractivity (Wildman–Crippen MR) is 164 cm³/mol. The second-order valence-corrected chi connectivity index (χ2v) is 15.5. The number of carboxylic acid groups (broad SMARTS) is 2. The molecule has 2 amide bonds. The van der Waals surface area contributed by atoms with Crippen LogP contribution >= 0.6 is 0 Å². The second kappa shape index (κ2) is 16.6. The first-order chi connectivity index (χ1) is 19.6. The van der Waals surface area contributed by atoms with Crippen molar-refractivity contribution in [1.82, 2.24) is 9.80 Å². The Hall–Kier alpha value is -0.860. The van der Waals surface area contributed by atoms with Gasteiger partial charge in [-0.3, -0.25) is 9.59 Å². The standard InChI is InChI=1S/2C17H29NO3.Ca/c2*1-10(2)8-18(9-11(3)4)16(19)14-12-5-6-13(7-12)15(14)17(20)21;/h2*10-15H,5-9H2,1-4H3,(H,20,21);/q;;+2/p-2. The van der Waals surface area contributed by atoms with E-state index in [-0.39, 0.29) is 85.1 Å². The Kier molecular flexibility index (Phi) is 14.8. The van der Waals surface area contributed by atoms with Crippen LogP contribution in [0.4, 0.5) is 0 Å². The third-order valence-electron chi connectivity index (χ3n) is 9.91. The summed E-state index contributed by atoms with van der Waals surface area (Å²) in [6, 6.07) is 0. The summed E-state index contributed by atoms with van der Waals surface area (Å²) >= 11 is 0. The van der Waals surface area contributed by atoms with E-state index in [2.05, 4.69) is 55.4 Å². The topological polar surface area (TPSA) is 121 Å². The van der Waals surface area contributed by atoms with E-state index in [9.17, 15) is 29.4 Å². The molecule has 0 aromatic rings. The molecule has 4 aliphatic rings. The normalized spacial score (nSPS) is 30.4. The van der Waals surface area contributed by atoms with Gasteiger partial charge in [-0.2, -0.15) is 0 Å². The number of hydrogen-bond acceptors (Lipinski definition) is 6. The van der Waals surface area contributed by atoms with Gasteiger partial charge < -0.3 is 29.6 Å². The van der Waals surface area contributed by atoms with Crippen molar-refractivity contribution in [3.8, 4) is 0 Å². The summed E-state index contributed by atoms with van der Waals surface area (Å²) in [4.78, 5) is 52.7. The fourth-order valence-electron chi connectivity index (χ4n) is 8.67. The van der Waals surface area contributed by atoms with Gasteiger partial charge in [0.1, 0.15) is 0 Å². The molecule has 0 aromatic carbocycles. The van der Waals surface area contributed by atoms with Crippen molar-refractivity contribution in [2.75, 3.05) is 26.2 Å². The van der Waals surface area contributed by atoms with Crippen LogP contribution in [0.3, 0.4) is 0 Å². The number of nitrogens with zero attached hydrogens (tertiary/aromatic N) is 2. The molecule has 4 bridgehead atoms. The molecule has 4 saturated carbocycles. The van der Waals surface area contributed by atoms with Crippen molar-refractivity contribution in [3.05, 3.63) is 0 Å². The van der Waals surface area contributed by atoms with E-state index in [1.807, 2.05) is 9.80 Å². The van der Waals surface area contributed by atoms with Gasteiger partial charge in [-0.05, 0) is 85.9 Å². The van der Waals surface area contributed by atoms with Gasteiger partial charge in [0.2, 0.25) is 11.8 Å². The maximum atomic E-state index is 13.0. The van der Waals surface area contributed by atoms with Crippen LogP contribution in [0.1, 0.15) is 93.9 Å². The molecule has 0 saturated heterocycles. The van der Waals surface area contributed by atoms with Gasteiger partial charge in [-0.15, -0.1) is 0 Å². The van der Waals surface area contributed by atoms with Gasteiger partial charge in [-0.1, -0.05) is 55.4 Å². The van der Waals surface area contributed by atoms with Gasteiger partial charge in [0.05, 0.1) is 0 Å². The number of carbonyl (C=O) groups excluding carboxylic acids is 4. The fraction of sp³-hybridized carbons (Fsp3) is 0.882. The second-order valence-electron chi connectivity index (χ2n) is 15.5. The van der Waals surface area contributed by atoms with Gasteiger partial charge in [0.15, 0.2) is 0 Å². The number of hydrogen-bond donors (Lipinski definition) is 0. The van der Waals surface area contributed by atoms with Gasteiger partial charge >= 0.3 is 37.7 Å². The van der Waals surface area contributed by atoms with Gasteiger partial charge in [-0.25, -0.2) is 0 Å². The zero-order valence-corrected chi connectivity index (χ0v) is 30.3. The molecular formula is C34H56CaN2O6. The van der Waals surface area contributed by atoms with Crippen molar-refractivity contribution in [3.63, 3.8) is 0 Å². The Morgan fingerprint density at radius 2 is 0.744 bits per heavy atom. The summed E-state index contributed by atoms with van der Waals surface area (Å²) in [6.07, 6.45) is 5.69. The zero-order valence-electron chi connectivity index (χ0n) is 28.1. The summed E-state index contributed by atoms with van der Waals surface area (Å²) in [6.45, 7) is 19.6. The van der Waals surface area contributed by atoms with Crippen LogP contribution in [0.5, 0.6) is 0 Å². The van der Waals surface area contributed by atoms with Crippen LogP contribution in [0.15, 0.2) is 0 Å². The molecule has 9 heteroatoms. The minimum Gasteiger partial charge on any atom is -0.550 e. The zero-order chi connectivity index (χ0) is 31.5. The summed E-state index contributed by atoms with van der Waals surface area (Å²) in [5, 5.41) is 23.0. The van der Waals surface area contributed by atoms with Crippen LogP contribution in [-0.4, -0.2) is 97.5 Å². The van der Waals surface area contributed by atoms with Crippen molar-refractivity contribution in [2.45, 2.75) is 93.9 Å². The van der Waals surface area contributed by atoms with E-state index in [1.54, 1.807) is 0 Å². The smallest absolute Gasteiger partial charge is 0.550 e. The predicted octanol–water partition coefficient (Wildman–Crippen LogP) is 2.70. The summed E-state index contributed by atoms with van der Waals surface area (Å²) in [5.41, 5.74) is 0. The molecule has 0 aliphatic heterocycles. The third kappa shape index (κ3) is 9.57. The minimum atomic E-state index is -1.02. The number of carboxylic acids is 2. The molecule has 240 valence electrons. The molecule has 4 rings (SSSR count). The van der Waals surface area contributed by atoms with Crippen LogP contribution in [0.25, 0.3) is 0 Å². The Morgan fingerprint density at radius 1 is 0.512 bits per heavy atom. The molecular weight excluding hydrogens is 572 g/mol. The molecule has 4 aliphatic carbocycles. The van der Waals surface area contributed by atoms with E-state index < -0.39 is 23.8 Å². The first-order valence-electron chi connectivity index (χ1n) is 16.6. The van der Waals surface area contributed by atoms with Crippen LogP contribution in [-0.2, 0) is 19.2 Å². The number of fused-ring (bicyclic) bond motifs is 4. The van der Waals surface area contributed by atoms with E-state index in [0.29, 0.717) is 49.9 Å². The molecule has 0 radical (unpaired) electrons. The fourth-order valence-corrected chi connectivity index (χ4v) is 8.67. The SMILES string of the molecule is CC(C)CN(CC(C)C)C(=O)C1C2CCC(C2)C1C(=O)[O-].CC(C)CN(CC(C)C)C(=O)C1C2CCC(C2)C1C(=O)[O-].[Ca+2]. The maximum absolute atomic E-state index is 13.0. The molecule has 0 spiro atoms. The van der Waals surface area contributed by atoms with Crippen LogP contribution in [0, 0.1) is 71.0 Å². The van der Waals surface area contributed by atoms with Gasteiger partial charge in [0.25, 0.3) is 0 Å². The van der Waals surface area contributed by atoms with E-state index in [0.717, 1.165) is 38.5 Å². The minimum absolute atomic E-state index is 0. The molecule has 8 nitrogen and oxygen atoms in total. The molecule has 8 atom stereocenters. The summed E-state index contributed by atoms with van der Waals surface area (Å²) < 4.78 is 0. The first kappa shape index (κ1) is 38.3. The maximum Gasteiger partial charge on any atom is 2.00 e. The Morgan fingerprint density at radius 3 is 0.953 bits per heavy atom.